The van der Waals surface area contributed by atoms with Crippen LogP contribution in [0.5, 0.6) is 0 Å². The molecular weight excluding hydrogens is 276 g/mol. The molecule has 0 radical (unpaired) electrons. The topological polar surface area (TPSA) is 80.4 Å². The third kappa shape index (κ3) is 1.97. The Bertz CT molecular complexity index is 785. The van der Waals surface area contributed by atoms with E-state index in [9.17, 15) is 4.79 Å². The average molecular weight is 292 g/mol. The molecule has 0 saturated heterocycles. The first-order chi connectivity index (χ1) is 10.7. The second kappa shape index (κ2) is 4.66. The molecule has 4 rings (SSSR count). The number of hydrogen-bond acceptors (Lipinski definition) is 4. The van der Waals surface area contributed by atoms with Gasteiger partial charge in [-0.25, -0.2) is 4.99 Å². The number of carbonyl (C=O) groups is 1. The highest BCUT2D eigenvalue weighted by atomic mass is 16.1. The Labute approximate surface area is 128 Å². The Morgan fingerprint density at radius 2 is 2.14 bits per heavy atom. The molecule has 22 heavy (non-hydrogen) atoms. The number of guanidine groups is 1. The van der Waals surface area contributed by atoms with E-state index in [1.807, 2.05) is 18.3 Å². The van der Waals surface area contributed by atoms with Crippen molar-refractivity contribution in [3.05, 3.63) is 53.9 Å². The van der Waals surface area contributed by atoms with Gasteiger partial charge in [0.05, 0.1) is 12.0 Å². The SMILES string of the molecule is NC1=NC2(CCc3ccc(-c4cccnc4)cc32)CC(=O)N1. The minimum atomic E-state index is -0.500. The lowest BCUT2D eigenvalue weighted by molar-refractivity contribution is -0.121. The van der Waals surface area contributed by atoms with E-state index in [1.165, 1.54) is 5.56 Å². The quantitative estimate of drug-likeness (QED) is 0.840. The van der Waals surface area contributed by atoms with Crippen LogP contribution in [0.15, 0.2) is 47.7 Å². The first-order valence-corrected chi connectivity index (χ1v) is 7.35. The highest BCUT2D eigenvalue weighted by Gasteiger charge is 2.43. The zero-order chi connectivity index (χ0) is 15.2. The number of fused-ring (bicyclic) bond motifs is 2. The van der Waals surface area contributed by atoms with Crippen molar-refractivity contribution in [2.45, 2.75) is 24.8 Å². The van der Waals surface area contributed by atoms with Gasteiger partial charge < -0.3 is 5.73 Å². The van der Waals surface area contributed by atoms with Crippen LogP contribution in [-0.2, 0) is 16.8 Å². The van der Waals surface area contributed by atoms with Crippen molar-refractivity contribution in [3.8, 4) is 11.1 Å². The maximum Gasteiger partial charge on any atom is 0.229 e. The van der Waals surface area contributed by atoms with Crippen molar-refractivity contribution < 1.29 is 4.79 Å². The Morgan fingerprint density at radius 3 is 2.91 bits per heavy atom. The van der Waals surface area contributed by atoms with Gasteiger partial charge in [-0.3, -0.25) is 15.1 Å². The molecule has 0 saturated carbocycles. The molecule has 1 aliphatic heterocycles. The van der Waals surface area contributed by atoms with Gasteiger partial charge in [0.15, 0.2) is 5.96 Å². The highest BCUT2D eigenvalue weighted by molar-refractivity contribution is 5.99. The molecule has 1 aromatic heterocycles. The number of aliphatic imine (C=N–C) groups is 1. The monoisotopic (exact) mass is 292 g/mol. The Kier molecular flexibility index (Phi) is 2.76. The predicted molar refractivity (Wildman–Crippen MR) is 84.1 cm³/mol. The van der Waals surface area contributed by atoms with Gasteiger partial charge in [0.1, 0.15) is 0 Å². The van der Waals surface area contributed by atoms with E-state index in [2.05, 4.69) is 33.5 Å². The third-order valence-electron chi connectivity index (χ3n) is 4.47. The number of nitrogens with one attached hydrogen (secondary N) is 1. The molecule has 1 aromatic carbocycles. The molecule has 2 aliphatic rings. The van der Waals surface area contributed by atoms with Crippen molar-refractivity contribution in [3.63, 3.8) is 0 Å². The van der Waals surface area contributed by atoms with Crippen LogP contribution in [0, 0.1) is 0 Å². The Balaban J connectivity index is 1.85. The second-order valence-electron chi connectivity index (χ2n) is 5.87. The summed E-state index contributed by atoms with van der Waals surface area (Å²) in [5.41, 5.74) is 9.81. The van der Waals surface area contributed by atoms with E-state index in [4.69, 9.17) is 5.73 Å². The molecule has 5 heteroatoms. The lowest BCUT2D eigenvalue weighted by atomic mass is 9.86. The lowest BCUT2D eigenvalue weighted by Gasteiger charge is -2.30. The summed E-state index contributed by atoms with van der Waals surface area (Å²) in [5.74, 6) is 0.156. The molecule has 1 amide bonds. The molecule has 1 aliphatic carbocycles. The first kappa shape index (κ1) is 13.0. The largest absolute Gasteiger partial charge is 0.370 e. The summed E-state index contributed by atoms with van der Waals surface area (Å²) in [6.45, 7) is 0. The molecule has 5 nitrogen and oxygen atoms in total. The highest BCUT2D eigenvalue weighted by Crippen LogP contribution is 2.45. The standard InChI is InChI=1S/C17H16N4O/c18-16-20-15(22)9-17(21-16)6-5-11-3-4-12(8-14(11)17)13-2-1-7-19-10-13/h1-4,7-8,10H,5-6,9H2,(H3,18,20,21,22). The number of amides is 1. The summed E-state index contributed by atoms with van der Waals surface area (Å²) in [4.78, 5) is 20.7. The fraction of sp³-hybridized carbons (Fsp3) is 0.235. The van der Waals surface area contributed by atoms with Crippen LogP contribution in [0.3, 0.4) is 0 Å². The van der Waals surface area contributed by atoms with E-state index in [0.29, 0.717) is 6.42 Å². The minimum absolute atomic E-state index is 0.0628. The fourth-order valence-electron chi connectivity index (χ4n) is 3.47. The summed E-state index contributed by atoms with van der Waals surface area (Å²) >= 11 is 0. The molecule has 1 spiro atoms. The van der Waals surface area contributed by atoms with E-state index in [-0.39, 0.29) is 11.9 Å². The predicted octanol–water partition coefficient (Wildman–Crippen LogP) is 1.72. The van der Waals surface area contributed by atoms with Crippen LogP contribution in [0.25, 0.3) is 11.1 Å². The van der Waals surface area contributed by atoms with Gasteiger partial charge in [-0.15, -0.1) is 0 Å². The fourth-order valence-corrected chi connectivity index (χ4v) is 3.47. The van der Waals surface area contributed by atoms with Crippen LogP contribution < -0.4 is 11.1 Å². The average Bonchev–Trinajstić information content (AvgIpc) is 2.84. The van der Waals surface area contributed by atoms with Crippen LogP contribution in [0.1, 0.15) is 24.0 Å². The molecule has 0 bridgehead atoms. The van der Waals surface area contributed by atoms with Gasteiger partial charge in [-0.1, -0.05) is 18.2 Å². The number of rotatable bonds is 1. The van der Waals surface area contributed by atoms with Crippen molar-refractivity contribution in [2.24, 2.45) is 10.7 Å². The number of nitrogens with two attached hydrogens (primary N) is 1. The van der Waals surface area contributed by atoms with Gasteiger partial charge in [0.2, 0.25) is 5.91 Å². The number of benzene rings is 1. The maximum atomic E-state index is 11.9. The lowest BCUT2D eigenvalue weighted by Crippen LogP contribution is -2.46. The summed E-state index contributed by atoms with van der Waals surface area (Å²) in [6.07, 6.45) is 5.71. The number of nitrogens with zero attached hydrogens (tertiary/aromatic N) is 2. The smallest absolute Gasteiger partial charge is 0.229 e. The number of hydrogen-bond donors (Lipinski definition) is 2. The summed E-state index contributed by atoms with van der Waals surface area (Å²) in [7, 11) is 0. The maximum absolute atomic E-state index is 11.9. The molecule has 1 atom stereocenters. The first-order valence-electron chi connectivity index (χ1n) is 7.35. The van der Waals surface area contributed by atoms with Crippen LogP contribution in [0.2, 0.25) is 0 Å². The zero-order valence-corrected chi connectivity index (χ0v) is 12.0. The molecule has 2 aromatic rings. The molecule has 1 unspecified atom stereocenters. The molecule has 0 fully saturated rings. The van der Waals surface area contributed by atoms with Gasteiger partial charge >= 0.3 is 0 Å². The summed E-state index contributed by atoms with van der Waals surface area (Å²) < 4.78 is 0. The Hall–Kier alpha value is -2.69. The molecular formula is C17H16N4O. The molecule has 110 valence electrons. The van der Waals surface area contributed by atoms with Gasteiger partial charge in [0.25, 0.3) is 0 Å². The molecule has 3 N–H and O–H groups in total. The second-order valence-corrected chi connectivity index (χ2v) is 5.87. The summed E-state index contributed by atoms with van der Waals surface area (Å²) in [5, 5.41) is 2.59. The van der Waals surface area contributed by atoms with Crippen LogP contribution in [0.4, 0.5) is 0 Å². The number of aromatic nitrogens is 1. The normalized spacial score (nSPS) is 23.1. The third-order valence-corrected chi connectivity index (χ3v) is 4.47. The summed E-state index contributed by atoms with van der Waals surface area (Å²) in [6, 6.07) is 10.3. The van der Waals surface area contributed by atoms with Crippen LogP contribution in [-0.4, -0.2) is 16.9 Å². The van der Waals surface area contributed by atoms with Crippen LogP contribution >= 0.6 is 0 Å². The van der Waals surface area contributed by atoms with Crippen molar-refractivity contribution in [2.75, 3.05) is 0 Å². The Morgan fingerprint density at radius 1 is 1.23 bits per heavy atom. The minimum Gasteiger partial charge on any atom is -0.370 e. The van der Waals surface area contributed by atoms with E-state index >= 15 is 0 Å². The van der Waals surface area contributed by atoms with Gasteiger partial charge in [-0.2, -0.15) is 0 Å². The van der Waals surface area contributed by atoms with Crippen molar-refractivity contribution in [1.29, 1.82) is 0 Å². The molecule has 2 heterocycles. The van der Waals surface area contributed by atoms with Crippen molar-refractivity contribution >= 4 is 11.9 Å². The van der Waals surface area contributed by atoms with Crippen molar-refractivity contribution in [1.82, 2.24) is 10.3 Å². The van der Waals surface area contributed by atoms with Gasteiger partial charge in [-0.05, 0) is 47.2 Å². The number of carbonyl (C=O) groups excluding carboxylic acids is 1. The van der Waals surface area contributed by atoms with E-state index in [1.54, 1.807) is 6.20 Å². The zero-order valence-electron chi connectivity index (χ0n) is 12.0. The number of pyridine rings is 1. The van der Waals surface area contributed by atoms with E-state index < -0.39 is 5.54 Å². The number of aryl methyl sites for hydroxylation is 1. The van der Waals surface area contributed by atoms with Gasteiger partial charge in [0, 0.05) is 12.4 Å². The van der Waals surface area contributed by atoms with E-state index in [0.717, 1.165) is 29.5 Å².